The van der Waals surface area contributed by atoms with Crippen LogP contribution in [0.25, 0.3) is 33.4 Å². The van der Waals surface area contributed by atoms with E-state index < -0.39 is 7.12 Å². The first-order chi connectivity index (χ1) is 19.3. The summed E-state index contributed by atoms with van der Waals surface area (Å²) in [5, 5.41) is 20.3. The van der Waals surface area contributed by atoms with Crippen molar-refractivity contribution in [3.63, 3.8) is 0 Å². The van der Waals surface area contributed by atoms with Crippen molar-refractivity contribution >= 4 is 35.7 Å². The average molecular weight is 536 g/mol. The van der Waals surface area contributed by atoms with Crippen molar-refractivity contribution in [1.29, 1.82) is 0 Å². The Kier molecular flexibility index (Phi) is 7.70. The van der Waals surface area contributed by atoms with Crippen molar-refractivity contribution in [2.75, 3.05) is 26.0 Å². The summed E-state index contributed by atoms with van der Waals surface area (Å²) in [5.74, 6) is 0.816. The van der Waals surface area contributed by atoms with E-state index in [1.54, 1.807) is 24.3 Å². The van der Waals surface area contributed by atoms with Gasteiger partial charge >= 0.3 is 7.12 Å². The maximum absolute atomic E-state index is 13.3. The molecule has 0 saturated heterocycles. The van der Waals surface area contributed by atoms with E-state index in [4.69, 9.17) is 9.15 Å². The predicted octanol–water partition coefficient (Wildman–Crippen LogP) is 3.48. The Hall–Kier alpha value is -4.44. The lowest BCUT2D eigenvalue weighted by Crippen LogP contribution is -2.35. The third-order valence-corrected chi connectivity index (χ3v) is 6.95. The molecule has 202 valence electrons. The van der Waals surface area contributed by atoms with E-state index in [0.29, 0.717) is 58.8 Å². The molecule has 0 fully saturated rings. The first kappa shape index (κ1) is 27.1. The highest BCUT2D eigenvalue weighted by Crippen LogP contribution is 2.44. The number of ether oxygens (including phenoxy) is 1. The molecule has 0 saturated carbocycles. The zero-order valence-electron chi connectivity index (χ0n) is 22.5. The molecule has 3 aromatic rings. The minimum Gasteiger partial charge on any atom is -0.456 e. The highest BCUT2D eigenvalue weighted by Gasteiger charge is 2.23. The Morgan fingerprint density at radius 2 is 1.60 bits per heavy atom. The molecule has 3 aromatic carbocycles. The lowest BCUT2D eigenvalue weighted by atomic mass is 9.77. The van der Waals surface area contributed by atoms with E-state index in [9.17, 15) is 19.6 Å². The van der Waals surface area contributed by atoms with Crippen LogP contribution in [0.2, 0.25) is 0 Å². The molecule has 1 aliphatic heterocycles. The zero-order chi connectivity index (χ0) is 28.4. The van der Waals surface area contributed by atoms with E-state index in [1.807, 2.05) is 79.5 Å². The van der Waals surface area contributed by atoms with Gasteiger partial charge in [0.05, 0.1) is 0 Å². The minimum atomic E-state index is -1.58. The normalized spacial score (nSPS) is 11.2. The fraction of sp³-hybridized carbons (Fsp3) is 0.161. The summed E-state index contributed by atoms with van der Waals surface area (Å²) in [6.07, 6.45) is 0. The topological polar surface area (TPSA) is 103 Å². The summed E-state index contributed by atoms with van der Waals surface area (Å²) < 4.78 is 11.6. The Labute approximate surface area is 232 Å². The van der Waals surface area contributed by atoms with Crippen LogP contribution in [0.15, 0.2) is 88.1 Å². The summed E-state index contributed by atoms with van der Waals surface area (Å²) >= 11 is 0. The number of hydrogen-bond donors (Lipinski definition) is 2. The number of nitrogens with zero attached hydrogens (tertiary/aromatic N) is 2. The van der Waals surface area contributed by atoms with Gasteiger partial charge < -0.3 is 24.1 Å². The fourth-order valence-corrected chi connectivity index (χ4v) is 5.04. The van der Waals surface area contributed by atoms with Gasteiger partial charge in [-0.2, -0.15) is 0 Å². The molecule has 0 aromatic heterocycles. The molecule has 0 unspecified atom stereocenters. The van der Waals surface area contributed by atoms with Gasteiger partial charge in [-0.25, -0.2) is 0 Å². The van der Waals surface area contributed by atoms with Crippen LogP contribution in [-0.2, 0) is 17.9 Å². The summed E-state index contributed by atoms with van der Waals surface area (Å²) in [5.41, 5.74) is 5.28. The third-order valence-electron chi connectivity index (χ3n) is 6.95. The SMILES string of the molecule is CN(Cc1ccccc1B(O)O)Cc1cc2c(-c3ccccc3OC=O)c3ccc(N(C)C)cc3oc-2cc1=O. The number of fused-ring (bicyclic) bond motifs is 2. The molecule has 5 rings (SSSR count). The standard InChI is InChI=1S/C31H29BN2O6/c1-33(2)22-12-13-24-29(15-22)40-30-16-27(36)21(18-34(3)17-20-8-4-6-10-26(20)32(37)38)14-25(30)31(24)23-9-5-7-11-28(23)39-19-35/h4-16,19,37-38H,17-18H2,1-3H3. The molecule has 9 heteroatoms. The minimum absolute atomic E-state index is 0.176. The molecule has 40 heavy (non-hydrogen) atoms. The first-order valence-corrected chi connectivity index (χ1v) is 12.8. The smallest absolute Gasteiger partial charge is 0.456 e. The predicted molar refractivity (Wildman–Crippen MR) is 157 cm³/mol. The van der Waals surface area contributed by atoms with Crippen LogP contribution in [0.1, 0.15) is 11.1 Å². The van der Waals surface area contributed by atoms with Gasteiger partial charge in [-0.05, 0) is 42.3 Å². The van der Waals surface area contributed by atoms with E-state index in [2.05, 4.69) is 0 Å². The van der Waals surface area contributed by atoms with Crippen LogP contribution in [0.5, 0.6) is 5.75 Å². The number of benzene rings is 4. The largest absolute Gasteiger partial charge is 0.488 e. The number of carbonyl (C=O) groups is 1. The second-order valence-electron chi connectivity index (χ2n) is 9.96. The number of rotatable bonds is 9. The van der Waals surface area contributed by atoms with Gasteiger partial charge in [-0.1, -0.05) is 42.5 Å². The first-order valence-electron chi connectivity index (χ1n) is 12.8. The highest BCUT2D eigenvalue weighted by atomic mass is 16.5. The monoisotopic (exact) mass is 536 g/mol. The van der Waals surface area contributed by atoms with Crippen molar-refractivity contribution in [2.45, 2.75) is 13.1 Å². The second kappa shape index (κ2) is 11.4. The molecular formula is C31H29BN2O6. The van der Waals surface area contributed by atoms with Crippen molar-refractivity contribution in [3.05, 3.63) is 100 Å². The lowest BCUT2D eigenvalue weighted by molar-refractivity contribution is -0.120. The van der Waals surface area contributed by atoms with Gasteiger partial charge in [-0.15, -0.1) is 0 Å². The van der Waals surface area contributed by atoms with E-state index in [-0.39, 0.29) is 5.43 Å². The molecule has 0 spiro atoms. The van der Waals surface area contributed by atoms with Crippen LogP contribution in [0.4, 0.5) is 5.69 Å². The molecule has 0 radical (unpaired) electrons. The summed E-state index contributed by atoms with van der Waals surface area (Å²) in [6.45, 7) is 1.12. The van der Waals surface area contributed by atoms with Crippen LogP contribution in [0, 0.1) is 0 Å². The summed E-state index contributed by atoms with van der Waals surface area (Å²) in [6, 6.07) is 23.5. The second-order valence-corrected chi connectivity index (χ2v) is 9.96. The van der Waals surface area contributed by atoms with Crippen molar-refractivity contribution in [3.8, 4) is 28.2 Å². The van der Waals surface area contributed by atoms with E-state index >= 15 is 0 Å². The average Bonchev–Trinajstić information content (AvgIpc) is 2.93. The van der Waals surface area contributed by atoms with Crippen molar-refractivity contribution in [1.82, 2.24) is 4.90 Å². The molecule has 8 nitrogen and oxygen atoms in total. The van der Waals surface area contributed by atoms with Gasteiger partial charge in [0.15, 0.2) is 5.43 Å². The quantitative estimate of drug-likeness (QED) is 0.168. The van der Waals surface area contributed by atoms with Gasteiger partial charge in [0.1, 0.15) is 17.1 Å². The molecule has 2 aliphatic rings. The van der Waals surface area contributed by atoms with Crippen LogP contribution >= 0.6 is 0 Å². The van der Waals surface area contributed by atoms with Crippen LogP contribution in [0.3, 0.4) is 0 Å². The van der Waals surface area contributed by atoms with Crippen LogP contribution in [-0.4, -0.2) is 49.7 Å². The molecule has 2 N–H and O–H groups in total. The summed E-state index contributed by atoms with van der Waals surface area (Å²) in [7, 11) is 4.16. The van der Waals surface area contributed by atoms with Crippen LogP contribution < -0.4 is 20.5 Å². The Balaban J connectivity index is 1.66. The van der Waals surface area contributed by atoms with Crippen molar-refractivity contribution < 1.29 is 24.0 Å². The Bertz CT molecular complexity index is 1710. The van der Waals surface area contributed by atoms with E-state index in [1.165, 1.54) is 6.07 Å². The van der Waals surface area contributed by atoms with Gasteiger partial charge in [-0.3, -0.25) is 14.5 Å². The van der Waals surface area contributed by atoms with Gasteiger partial charge in [0.2, 0.25) is 0 Å². The maximum atomic E-state index is 13.3. The number of anilines is 1. The maximum Gasteiger partial charge on any atom is 0.488 e. The molecular weight excluding hydrogens is 507 g/mol. The highest BCUT2D eigenvalue weighted by molar-refractivity contribution is 6.59. The molecule has 0 atom stereocenters. The number of para-hydroxylation sites is 1. The molecule has 1 aliphatic carbocycles. The molecule has 0 bridgehead atoms. The van der Waals surface area contributed by atoms with E-state index in [0.717, 1.165) is 22.2 Å². The Morgan fingerprint density at radius 3 is 2.35 bits per heavy atom. The fourth-order valence-electron chi connectivity index (χ4n) is 5.04. The Morgan fingerprint density at radius 1 is 0.875 bits per heavy atom. The lowest BCUT2D eigenvalue weighted by Gasteiger charge is -2.21. The molecule has 1 heterocycles. The zero-order valence-corrected chi connectivity index (χ0v) is 22.5. The number of hydrogen-bond acceptors (Lipinski definition) is 8. The van der Waals surface area contributed by atoms with Gasteiger partial charge in [0.25, 0.3) is 6.47 Å². The third kappa shape index (κ3) is 5.35. The molecule has 0 amide bonds. The van der Waals surface area contributed by atoms with Crippen molar-refractivity contribution in [2.24, 2.45) is 0 Å². The summed E-state index contributed by atoms with van der Waals surface area (Å²) in [4.78, 5) is 28.5. The van der Waals surface area contributed by atoms with Gasteiger partial charge in [0, 0.05) is 72.6 Å². The number of carbonyl (C=O) groups excluding carboxylic acids is 1.